The molecule has 1 saturated heterocycles. The molecule has 84 valence electrons. The lowest BCUT2D eigenvalue weighted by molar-refractivity contribution is -0.105. The van der Waals surface area contributed by atoms with E-state index in [0.29, 0.717) is 19.1 Å². The maximum Gasteiger partial charge on any atom is 0.157 e. The first-order valence-corrected chi connectivity index (χ1v) is 5.69. The van der Waals surface area contributed by atoms with Gasteiger partial charge in [-0.2, -0.15) is 0 Å². The van der Waals surface area contributed by atoms with E-state index in [0.717, 1.165) is 37.5 Å². The monoisotopic (exact) mass is 210 g/mol. The van der Waals surface area contributed by atoms with E-state index in [1.807, 2.05) is 0 Å². The van der Waals surface area contributed by atoms with Gasteiger partial charge in [-0.15, -0.1) is 0 Å². The molecule has 0 amide bonds. The maximum atomic E-state index is 10.9. The largest absolute Gasteiger partial charge is 0.350 e. The molecule has 0 bridgehead atoms. The number of hydrogen-bond donors (Lipinski definition) is 0. The van der Waals surface area contributed by atoms with Crippen LogP contribution in [0.4, 0.5) is 0 Å². The predicted octanol–water partition coefficient (Wildman–Crippen LogP) is 2.06. The zero-order valence-electron chi connectivity index (χ0n) is 9.20. The van der Waals surface area contributed by atoms with Crippen LogP contribution in [0.25, 0.3) is 0 Å². The third kappa shape index (κ3) is 2.47. The van der Waals surface area contributed by atoms with Crippen molar-refractivity contribution in [2.75, 3.05) is 13.2 Å². The van der Waals surface area contributed by atoms with Gasteiger partial charge in [0, 0.05) is 0 Å². The van der Waals surface area contributed by atoms with E-state index in [4.69, 9.17) is 9.47 Å². The molecule has 0 spiro atoms. The molecule has 1 aliphatic heterocycles. The van der Waals surface area contributed by atoms with E-state index in [-0.39, 0.29) is 6.29 Å². The molecule has 1 fully saturated rings. The average molecular weight is 210 g/mol. The van der Waals surface area contributed by atoms with Crippen LogP contribution < -0.4 is 0 Å². The summed E-state index contributed by atoms with van der Waals surface area (Å²) in [5.41, 5.74) is 2.29. The number of carbonyl (C=O) groups is 1. The zero-order chi connectivity index (χ0) is 10.7. The molecule has 1 atom stereocenters. The van der Waals surface area contributed by atoms with Crippen LogP contribution in [0.1, 0.15) is 32.6 Å². The Bertz CT molecular complexity index is 264. The van der Waals surface area contributed by atoms with Crippen molar-refractivity contribution in [1.82, 2.24) is 0 Å². The van der Waals surface area contributed by atoms with E-state index in [2.05, 4.69) is 6.92 Å². The fraction of sp³-hybridized carbons (Fsp3) is 0.750. The topological polar surface area (TPSA) is 35.5 Å². The van der Waals surface area contributed by atoms with E-state index >= 15 is 0 Å². The molecule has 1 aliphatic carbocycles. The summed E-state index contributed by atoms with van der Waals surface area (Å²) in [6.07, 6.45) is 5.12. The Kier molecular flexibility index (Phi) is 3.54. The summed E-state index contributed by atoms with van der Waals surface area (Å²) in [4.78, 5) is 10.9. The Morgan fingerprint density at radius 2 is 2.07 bits per heavy atom. The van der Waals surface area contributed by atoms with Crippen LogP contribution in [0.2, 0.25) is 0 Å². The molecule has 3 nitrogen and oxygen atoms in total. The summed E-state index contributed by atoms with van der Waals surface area (Å²) in [6, 6.07) is 0. The number of aldehydes is 1. The molecule has 0 aromatic rings. The van der Waals surface area contributed by atoms with Crippen LogP contribution in [-0.2, 0) is 14.3 Å². The van der Waals surface area contributed by atoms with Gasteiger partial charge in [-0.05, 0) is 44.1 Å². The van der Waals surface area contributed by atoms with Crippen LogP contribution >= 0.6 is 0 Å². The van der Waals surface area contributed by atoms with Crippen molar-refractivity contribution in [3.8, 4) is 0 Å². The second-order valence-electron chi connectivity index (χ2n) is 4.34. The van der Waals surface area contributed by atoms with Gasteiger partial charge in [0.2, 0.25) is 0 Å². The zero-order valence-corrected chi connectivity index (χ0v) is 9.20. The Labute approximate surface area is 90.4 Å². The van der Waals surface area contributed by atoms with Gasteiger partial charge in [0.25, 0.3) is 0 Å². The highest BCUT2D eigenvalue weighted by Gasteiger charge is 2.25. The lowest BCUT2D eigenvalue weighted by Gasteiger charge is -2.13. The van der Waals surface area contributed by atoms with Crippen LogP contribution in [0.15, 0.2) is 11.1 Å². The molecule has 0 aromatic carbocycles. The molecular formula is C12H18O3. The fourth-order valence-electron chi connectivity index (χ4n) is 2.45. The molecule has 1 unspecified atom stereocenters. The Balaban J connectivity index is 1.82. The Morgan fingerprint density at radius 3 is 2.73 bits per heavy atom. The first-order valence-electron chi connectivity index (χ1n) is 5.69. The van der Waals surface area contributed by atoms with E-state index in [1.54, 1.807) is 0 Å². The standard InChI is InChI=1S/C12H18O3/c1-9-2-3-10(11(9)8-13)4-5-12-14-6-7-15-12/h8,10,12H,2-7H2,1H3. The van der Waals surface area contributed by atoms with E-state index in [9.17, 15) is 4.79 Å². The lowest BCUT2D eigenvalue weighted by Crippen LogP contribution is -2.11. The molecule has 15 heavy (non-hydrogen) atoms. The van der Waals surface area contributed by atoms with Gasteiger partial charge in [-0.25, -0.2) is 0 Å². The van der Waals surface area contributed by atoms with Crippen molar-refractivity contribution >= 4 is 6.29 Å². The summed E-state index contributed by atoms with van der Waals surface area (Å²) in [7, 11) is 0. The third-order valence-corrected chi connectivity index (χ3v) is 3.37. The number of carbonyl (C=O) groups excluding carboxylic acids is 1. The van der Waals surface area contributed by atoms with E-state index < -0.39 is 0 Å². The maximum absolute atomic E-state index is 10.9. The number of allylic oxidation sites excluding steroid dienone is 2. The summed E-state index contributed by atoms with van der Waals surface area (Å²) in [6.45, 7) is 3.49. The molecule has 1 heterocycles. The van der Waals surface area contributed by atoms with Gasteiger partial charge in [0.1, 0.15) is 6.29 Å². The molecule has 0 N–H and O–H groups in total. The van der Waals surface area contributed by atoms with Gasteiger partial charge in [-0.3, -0.25) is 4.79 Å². The Hall–Kier alpha value is -0.670. The second-order valence-corrected chi connectivity index (χ2v) is 4.34. The minimum absolute atomic E-state index is 0.0289. The number of ether oxygens (including phenoxy) is 2. The summed E-state index contributed by atoms with van der Waals surface area (Å²) >= 11 is 0. The van der Waals surface area contributed by atoms with Crippen molar-refractivity contribution in [2.45, 2.75) is 38.9 Å². The summed E-state index contributed by atoms with van der Waals surface area (Å²) in [5, 5.41) is 0. The van der Waals surface area contributed by atoms with E-state index in [1.165, 1.54) is 5.57 Å². The van der Waals surface area contributed by atoms with Crippen molar-refractivity contribution in [1.29, 1.82) is 0 Å². The van der Waals surface area contributed by atoms with Crippen LogP contribution in [-0.4, -0.2) is 25.8 Å². The van der Waals surface area contributed by atoms with Crippen LogP contribution in [0, 0.1) is 5.92 Å². The molecule has 0 saturated carbocycles. The van der Waals surface area contributed by atoms with Gasteiger partial charge < -0.3 is 9.47 Å². The number of rotatable bonds is 4. The van der Waals surface area contributed by atoms with Gasteiger partial charge in [0.05, 0.1) is 13.2 Å². The molecule has 0 aromatic heterocycles. The third-order valence-electron chi connectivity index (χ3n) is 3.37. The highest BCUT2D eigenvalue weighted by molar-refractivity contribution is 5.76. The second kappa shape index (κ2) is 4.90. The normalized spacial score (nSPS) is 27.7. The van der Waals surface area contributed by atoms with Crippen molar-refractivity contribution in [3.63, 3.8) is 0 Å². The highest BCUT2D eigenvalue weighted by atomic mass is 16.7. The quantitative estimate of drug-likeness (QED) is 0.666. The number of hydrogen-bond acceptors (Lipinski definition) is 3. The molecular weight excluding hydrogens is 192 g/mol. The Morgan fingerprint density at radius 1 is 1.33 bits per heavy atom. The minimum Gasteiger partial charge on any atom is -0.350 e. The molecule has 2 rings (SSSR count). The SMILES string of the molecule is CC1=C(C=O)C(CCC2OCCO2)CC1. The molecule has 0 radical (unpaired) electrons. The predicted molar refractivity (Wildman–Crippen MR) is 56.4 cm³/mol. The average Bonchev–Trinajstić information content (AvgIpc) is 2.84. The first-order chi connectivity index (χ1) is 7.31. The lowest BCUT2D eigenvalue weighted by atomic mass is 9.96. The van der Waals surface area contributed by atoms with Crippen molar-refractivity contribution in [2.24, 2.45) is 5.92 Å². The van der Waals surface area contributed by atoms with Gasteiger partial charge in [0.15, 0.2) is 6.29 Å². The van der Waals surface area contributed by atoms with Gasteiger partial charge in [-0.1, -0.05) is 5.57 Å². The smallest absolute Gasteiger partial charge is 0.157 e. The fourth-order valence-corrected chi connectivity index (χ4v) is 2.45. The van der Waals surface area contributed by atoms with Crippen LogP contribution in [0.5, 0.6) is 0 Å². The first kappa shape index (κ1) is 10.8. The summed E-state index contributed by atoms with van der Waals surface area (Å²) < 4.78 is 10.8. The van der Waals surface area contributed by atoms with Crippen molar-refractivity contribution in [3.05, 3.63) is 11.1 Å². The van der Waals surface area contributed by atoms with Gasteiger partial charge >= 0.3 is 0 Å². The molecule has 2 aliphatic rings. The molecule has 3 heteroatoms. The minimum atomic E-state index is -0.0289. The summed E-state index contributed by atoms with van der Waals surface area (Å²) in [5.74, 6) is 0.440. The van der Waals surface area contributed by atoms with Crippen molar-refractivity contribution < 1.29 is 14.3 Å². The van der Waals surface area contributed by atoms with Crippen LogP contribution in [0.3, 0.4) is 0 Å². The highest BCUT2D eigenvalue weighted by Crippen LogP contribution is 2.34.